The van der Waals surface area contributed by atoms with Gasteiger partial charge in [0.25, 0.3) is 17.7 Å². The number of hydrogen-bond donors (Lipinski definition) is 2. The molecule has 0 saturated carbocycles. The second kappa shape index (κ2) is 10.4. The summed E-state index contributed by atoms with van der Waals surface area (Å²) in [5.74, 6) is -0.678. The van der Waals surface area contributed by atoms with Crippen molar-refractivity contribution >= 4 is 23.6 Å². The average Bonchev–Trinajstić information content (AvgIpc) is 3.04. The highest BCUT2D eigenvalue weighted by Gasteiger charge is 2.34. The number of nitrogens with one attached hydrogen (secondary N) is 2. The van der Waals surface area contributed by atoms with E-state index in [1.54, 1.807) is 24.3 Å². The molecular weight excluding hydrogens is 398 g/mol. The minimum atomic E-state index is -0.384. The number of nitrogens with zero attached hydrogens (tertiary/aromatic N) is 1. The van der Waals surface area contributed by atoms with Crippen molar-refractivity contribution in [1.29, 1.82) is 0 Å². The van der Waals surface area contributed by atoms with Crippen molar-refractivity contribution in [2.75, 3.05) is 26.2 Å². The molecule has 1 aliphatic heterocycles. The molecule has 8 nitrogen and oxygen atoms in total. The summed E-state index contributed by atoms with van der Waals surface area (Å²) < 4.78 is 5.54. The van der Waals surface area contributed by atoms with E-state index in [2.05, 4.69) is 10.6 Å². The van der Waals surface area contributed by atoms with Crippen LogP contribution in [0.25, 0.3) is 0 Å². The molecule has 0 spiro atoms. The Morgan fingerprint density at radius 2 is 1.45 bits per heavy atom. The number of rotatable bonds is 10. The van der Waals surface area contributed by atoms with Crippen molar-refractivity contribution in [2.45, 2.75) is 19.8 Å². The fourth-order valence-electron chi connectivity index (χ4n) is 3.28. The van der Waals surface area contributed by atoms with E-state index in [-0.39, 0.29) is 56.3 Å². The molecule has 0 unspecified atom stereocenters. The molecule has 8 heteroatoms. The van der Waals surface area contributed by atoms with Gasteiger partial charge >= 0.3 is 0 Å². The van der Waals surface area contributed by atoms with Crippen molar-refractivity contribution < 1.29 is 23.9 Å². The number of ether oxygens (including phenoxy) is 1. The van der Waals surface area contributed by atoms with Crippen LogP contribution in [0.15, 0.2) is 48.5 Å². The molecule has 1 heterocycles. The smallest absolute Gasteiger partial charge is 0.261 e. The van der Waals surface area contributed by atoms with Crippen LogP contribution in [0.3, 0.4) is 0 Å². The summed E-state index contributed by atoms with van der Waals surface area (Å²) in [6.07, 6.45) is 0.806. The van der Waals surface area contributed by atoms with Crippen LogP contribution in [0.2, 0.25) is 0 Å². The number of hydrogen-bond acceptors (Lipinski definition) is 5. The normalized spacial score (nSPS) is 12.5. The van der Waals surface area contributed by atoms with Crippen molar-refractivity contribution in [2.24, 2.45) is 0 Å². The monoisotopic (exact) mass is 423 g/mol. The predicted octanol–water partition coefficient (Wildman–Crippen LogP) is 1.55. The summed E-state index contributed by atoms with van der Waals surface area (Å²) in [5.41, 5.74) is 1.75. The molecule has 3 rings (SSSR count). The van der Waals surface area contributed by atoms with Crippen molar-refractivity contribution in [3.05, 3.63) is 65.2 Å². The maximum atomic E-state index is 12.3. The van der Waals surface area contributed by atoms with Gasteiger partial charge in [-0.05, 0) is 30.2 Å². The number of aryl methyl sites for hydroxylation is 1. The van der Waals surface area contributed by atoms with Gasteiger partial charge in [0.15, 0.2) is 6.61 Å². The van der Waals surface area contributed by atoms with Gasteiger partial charge < -0.3 is 15.4 Å². The Morgan fingerprint density at radius 3 is 2.10 bits per heavy atom. The Labute approximate surface area is 180 Å². The van der Waals surface area contributed by atoms with Crippen LogP contribution in [0.1, 0.15) is 39.6 Å². The molecular formula is C23H25N3O5. The van der Waals surface area contributed by atoms with Crippen molar-refractivity contribution in [3.8, 4) is 5.75 Å². The lowest BCUT2D eigenvalue weighted by Crippen LogP contribution is -2.38. The Hall–Kier alpha value is -3.68. The molecule has 0 fully saturated rings. The molecule has 1 aliphatic rings. The number of carbonyl (C=O) groups is 4. The van der Waals surface area contributed by atoms with E-state index in [4.69, 9.17) is 4.74 Å². The summed E-state index contributed by atoms with van der Waals surface area (Å²) in [4.78, 5) is 49.6. The zero-order valence-electron chi connectivity index (χ0n) is 17.3. The van der Waals surface area contributed by atoms with Crippen LogP contribution in [-0.4, -0.2) is 54.8 Å². The molecule has 2 aromatic rings. The van der Waals surface area contributed by atoms with Gasteiger partial charge in [0, 0.05) is 26.1 Å². The van der Waals surface area contributed by atoms with Crippen LogP contribution in [0, 0.1) is 0 Å². The van der Waals surface area contributed by atoms with Gasteiger partial charge in [-0.3, -0.25) is 24.1 Å². The third-order valence-electron chi connectivity index (χ3n) is 4.92. The molecule has 4 amide bonds. The van der Waals surface area contributed by atoms with Gasteiger partial charge in [-0.25, -0.2) is 0 Å². The topological polar surface area (TPSA) is 105 Å². The summed E-state index contributed by atoms with van der Waals surface area (Å²) in [5, 5.41) is 5.33. The van der Waals surface area contributed by atoms with E-state index in [0.717, 1.165) is 16.9 Å². The number of imide groups is 1. The first-order valence-corrected chi connectivity index (χ1v) is 10.2. The summed E-state index contributed by atoms with van der Waals surface area (Å²) in [6.45, 7) is 2.40. The van der Waals surface area contributed by atoms with Gasteiger partial charge in [-0.1, -0.05) is 37.3 Å². The molecule has 0 bridgehead atoms. The minimum absolute atomic E-state index is 0.00364. The van der Waals surface area contributed by atoms with Crippen LogP contribution >= 0.6 is 0 Å². The summed E-state index contributed by atoms with van der Waals surface area (Å²) in [6, 6.07) is 14.1. The number of benzene rings is 2. The SMILES string of the molecule is CCc1ccccc1OCC(=O)NCCNC(=O)CCN1C(=O)c2ccccc2C1=O. The highest BCUT2D eigenvalue weighted by Crippen LogP contribution is 2.22. The Bertz CT molecular complexity index is 954. The Balaban J connectivity index is 1.32. The van der Waals surface area contributed by atoms with Gasteiger partial charge in [0.1, 0.15) is 5.75 Å². The highest BCUT2D eigenvalue weighted by molar-refractivity contribution is 6.21. The zero-order chi connectivity index (χ0) is 22.2. The molecule has 2 aromatic carbocycles. The van der Waals surface area contributed by atoms with E-state index < -0.39 is 0 Å². The molecule has 0 atom stereocenters. The largest absolute Gasteiger partial charge is 0.483 e. The van der Waals surface area contributed by atoms with E-state index in [1.165, 1.54) is 0 Å². The lowest BCUT2D eigenvalue weighted by atomic mass is 10.1. The predicted molar refractivity (Wildman–Crippen MR) is 114 cm³/mol. The first-order valence-electron chi connectivity index (χ1n) is 10.2. The first kappa shape index (κ1) is 22.0. The second-order valence-electron chi connectivity index (χ2n) is 7.01. The maximum absolute atomic E-state index is 12.3. The average molecular weight is 423 g/mol. The van der Waals surface area contributed by atoms with E-state index in [9.17, 15) is 19.2 Å². The number of fused-ring (bicyclic) bond motifs is 1. The van der Waals surface area contributed by atoms with Crippen LogP contribution in [0.4, 0.5) is 0 Å². The third kappa shape index (κ3) is 5.48. The second-order valence-corrected chi connectivity index (χ2v) is 7.01. The maximum Gasteiger partial charge on any atom is 0.261 e. The van der Waals surface area contributed by atoms with E-state index in [1.807, 2.05) is 31.2 Å². The quantitative estimate of drug-likeness (QED) is 0.446. The molecule has 0 radical (unpaired) electrons. The van der Waals surface area contributed by atoms with Crippen LogP contribution < -0.4 is 15.4 Å². The number of amides is 4. The van der Waals surface area contributed by atoms with Crippen molar-refractivity contribution in [1.82, 2.24) is 15.5 Å². The molecule has 0 aromatic heterocycles. The molecule has 0 saturated heterocycles. The van der Waals surface area contributed by atoms with Gasteiger partial charge in [-0.2, -0.15) is 0 Å². The van der Waals surface area contributed by atoms with E-state index in [0.29, 0.717) is 16.9 Å². The molecule has 162 valence electrons. The van der Waals surface area contributed by atoms with Gasteiger partial charge in [-0.15, -0.1) is 0 Å². The lowest BCUT2D eigenvalue weighted by molar-refractivity contribution is -0.124. The molecule has 31 heavy (non-hydrogen) atoms. The first-order chi connectivity index (χ1) is 15.0. The fourth-order valence-corrected chi connectivity index (χ4v) is 3.28. The van der Waals surface area contributed by atoms with Crippen molar-refractivity contribution in [3.63, 3.8) is 0 Å². The fraction of sp³-hybridized carbons (Fsp3) is 0.304. The minimum Gasteiger partial charge on any atom is -0.483 e. The van der Waals surface area contributed by atoms with Crippen LogP contribution in [-0.2, 0) is 16.0 Å². The Kier molecular flexibility index (Phi) is 7.37. The van der Waals surface area contributed by atoms with Crippen LogP contribution in [0.5, 0.6) is 5.75 Å². The Morgan fingerprint density at radius 1 is 0.871 bits per heavy atom. The molecule has 2 N–H and O–H groups in total. The number of carbonyl (C=O) groups excluding carboxylic acids is 4. The lowest BCUT2D eigenvalue weighted by Gasteiger charge is -2.14. The third-order valence-corrected chi connectivity index (χ3v) is 4.92. The van der Waals surface area contributed by atoms with Gasteiger partial charge in [0.2, 0.25) is 5.91 Å². The number of para-hydroxylation sites is 1. The zero-order valence-corrected chi connectivity index (χ0v) is 17.3. The standard InChI is InChI=1S/C23H25N3O5/c1-2-16-7-3-6-10-19(16)31-15-21(28)25-13-12-24-20(27)11-14-26-22(29)17-8-4-5-9-18(17)23(26)30/h3-10H,2,11-15H2,1H3,(H,24,27)(H,25,28). The van der Waals surface area contributed by atoms with Gasteiger partial charge in [0.05, 0.1) is 11.1 Å². The summed E-state index contributed by atoms with van der Waals surface area (Å²) in [7, 11) is 0. The summed E-state index contributed by atoms with van der Waals surface area (Å²) >= 11 is 0. The molecule has 0 aliphatic carbocycles. The van der Waals surface area contributed by atoms with E-state index >= 15 is 0 Å². The highest BCUT2D eigenvalue weighted by atomic mass is 16.5.